The average molecular weight is 411 g/mol. The summed E-state index contributed by atoms with van der Waals surface area (Å²) in [7, 11) is 0. The molecular formula is C25H34N2O3. The van der Waals surface area contributed by atoms with Crippen LogP contribution in [0.1, 0.15) is 49.4 Å². The summed E-state index contributed by atoms with van der Waals surface area (Å²) in [6, 6.07) is 13.2. The summed E-state index contributed by atoms with van der Waals surface area (Å²) in [5.41, 5.74) is 4.22. The molecule has 30 heavy (non-hydrogen) atoms. The van der Waals surface area contributed by atoms with Crippen molar-refractivity contribution in [2.75, 3.05) is 6.61 Å². The largest absolute Gasteiger partial charge is 0.483 e. The minimum atomic E-state index is -0.603. The SMILES string of the molecule is CC[C@@H](C)NC(=O)[C@H](C)N(Cc1ccccc1C)C(=O)COc1ccc(C)cc1C. The Morgan fingerprint density at radius 1 is 1.03 bits per heavy atom. The number of nitrogens with zero attached hydrogens (tertiary/aromatic N) is 1. The van der Waals surface area contributed by atoms with Gasteiger partial charge in [-0.3, -0.25) is 9.59 Å². The molecule has 0 aliphatic heterocycles. The van der Waals surface area contributed by atoms with Crippen molar-refractivity contribution in [2.45, 2.75) is 66.6 Å². The number of carbonyl (C=O) groups excluding carboxylic acids is 2. The van der Waals surface area contributed by atoms with Crippen LogP contribution in [-0.4, -0.2) is 35.4 Å². The third kappa shape index (κ3) is 6.34. The van der Waals surface area contributed by atoms with Crippen LogP contribution in [0, 0.1) is 20.8 Å². The minimum Gasteiger partial charge on any atom is -0.483 e. The first-order valence-electron chi connectivity index (χ1n) is 10.6. The molecule has 0 heterocycles. The minimum absolute atomic E-state index is 0.0572. The molecule has 2 aromatic rings. The maximum atomic E-state index is 13.1. The summed E-state index contributed by atoms with van der Waals surface area (Å²) >= 11 is 0. The summed E-state index contributed by atoms with van der Waals surface area (Å²) in [5, 5.41) is 2.98. The molecule has 0 radical (unpaired) electrons. The zero-order chi connectivity index (χ0) is 22.3. The van der Waals surface area contributed by atoms with E-state index in [0.29, 0.717) is 12.3 Å². The number of amides is 2. The Hall–Kier alpha value is -2.82. The molecule has 2 atom stereocenters. The zero-order valence-corrected chi connectivity index (χ0v) is 19.0. The first-order chi connectivity index (χ1) is 14.2. The fourth-order valence-corrected chi connectivity index (χ4v) is 3.20. The Morgan fingerprint density at radius 3 is 2.37 bits per heavy atom. The predicted octanol–water partition coefficient (Wildman–Crippen LogP) is 4.32. The molecule has 0 aliphatic rings. The molecule has 2 rings (SSSR count). The molecule has 0 unspecified atom stereocenters. The van der Waals surface area contributed by atoms with E-state index in [1.54, 1.807) is 11.8 Å². The van der Waals surface area contributed by atoms with Crippen LogP contribution in [0.25, 0.3) is 0 Å². The van der Waals surface area contributed by atoms with Crippen molar-refractivity contribution in [3.8, 4) is 5.75 Å². The fraction of sp³-hybridized carbons (Fsp3) is 0.440. The molecule has 0 bridgehead atoms. The maximum Gasteiger partial charge on any atom is 0.261 e. The van der Waals surface area contributed by atoms with Crippen LogP contribution >= 0.6 is 0 Å². The fourth-order valence-electron chi connectivity index (χ4n) is 3.20. The average Bonchev–Trinajstić information content (AvgIpc) is 2.71. The molecule has 0 saturated heterocycles. The van der Waals surface area contributed by atoms with Gasteiger partial charge in [0.2, 0.25) is 5.91 Å². The van der Waals surface area contributed by atoms with E-state index in [2.05, 4.69) is 5.32 Å². The summed E-state index contributed by atoms with van der Waals surface area (Å²) in [6.07, 6.45) is 0.833. The second kappa shape index (κ2) is 10.8. The van der Waals surface area contributed by atoms with Crippen molar-refractivity contribution in [1.29, 1.82) is 0 Å². The molecule has 0 saturated carbocycles. The first kappa shape index (κ1) is 23.5. The van der Waals surface area contributed by atoms with Crippen LogP contribution < -0.4 is 10.1 Å². The Labute approximate surface area is 180 Å². The normalized spacial score (nSPS) is 12.7. The quantitative estimate of drug-likeness (QED) is 0.670. The second-order valence-corrected chi connectivity index (χ2v) is 8.00. The summed E-state index contributed by atoms with van der Waals surface area (Å²) in [4.78, 5) is 27.5. The Kier molecular flexibility index (Phi) is 8.46. The highest BCUT2D eigenvalue weighted by Crippen LogP contribution is 2.19. The van der Waals surface area contributed by atoms with E-state index in [1.165, 1.54) is 0 Å². The highest BCUT2D eigenvalue weighted by Gasteiger charge is 2.27. The van der Waals surface area contributed by atoms with Gasteiger partial charge < -0.3 is 15.0 Å². The third-order valence-corrected chi connectivity index (χ3v) is 5.45. The van der Waals surface area contributed by atoms with Gasteiger partial charge in [0.15, 0.2) is 6.61 Å². The van der Waals surface area contributed by atoms with Crippen molar-refractivity contribution < 1.29 is 14.3 Å². The Balaban J connectivity index is 2.19. The maximum absolute atomic E-state index is 13.1. The van der Waals surface area contributed by atoms with E-state index in [0.717, 1.165) is 28.7 Å². The Morgan fingerprint density at radius 2 is 1.73 bits per heavy atom. The van der Waals surface area contributed by atoms with E-state index >= 15 is 0 Å². The highest BCUT2D eigenvalue weighted by atomic mass is 16.5. The summed E-state index contributed by atoms with van der Waals surface area (Å²) < 4.78 is 5.81. The van der Waals surface area contributed by atoms with Gasteiger partial charge in [0.25, 0.3) is 5.91 Å². The van der Waals surface area contributed by atoms with Crippen LogP contribution in [0.3, 0.4) is 0 Å². The number of nitrogens with one attached hydrogen (secondary N) is 1. The van der Waals surface area contributed by atoms with Gasteiger partial charge in [-0.05, 0) is 63.8 Å². The number of rotatable bonds is 9. The zero-order valence-electron chi connectivity index (χ0n) is 19.0. The lowest BCUT2D eigenvalue weighted by molar-refractivity contribution is -0.142. The van der Waals surface area contributed by atoms with Crippen molar-refractivity contribution in [2.24, 2.45) is 0 Å². The molecule has 1 N–H and O–H groups in total. The Bertz CT molecular complexity index is 878. The summed E-state index contributed by atoms with van der Waals surface area (Å²) in [6.45, 7) is 12.0. The monoisotopic (exact) mass is 410 g/mol. The van der Waals surface area contributed by atoms with Crippen LogP contribution in [0.5, 0.6) is 5.75 Å². The van der Waals surface area contributed by atoms with Gasteiger partial charge in [0, 0.05) is 12.6 Å². The molecular weight excluding hydrogens is 376 g/mol. The van der Waals surface area contributed by atoms with Gasteiger partial charge >= 0.3 is 0 Å². The number of aryl methyl sites for hydroxylation is 3. The van der Waals surface area contributed by atoms with Gasteiger partial charge in [-0.25, -0.2) is 0 Å². The smallest absolute Gasteiger partial charge is 0.261 e. The molecule has 5 nitrogen and oxygen atoms in total. The van der Waals surface area contributed by atoms with E-state index in [4.69, 9.17) is 4.74 Å². The molecule has 2 amide bonds. The second-order valence-electron chi connectivity index (χ2n) is 8.00. The van der Waals surface area contributed by atoms with E-state index in [1.807, 2.05) is 77.1 Å². The number of benzene rings is 2. The van der Waals surface area contributed by atoms with Crippen molar-refractivity contribution in [3.05, 3.63) is 64.7 Å². The first-order valence-corrected chi connectivity index (χ1v) is 10.6. The topological polar surface area (TPSA) is 58.6 Å². The molecule has 0 aromatic heterocycles. The summed E-state index contributed by atoms with van der Waals surface area (Å²) in [5.74, 6) is 0.310. The van der Waals surface area contributed by atoms with Crippen LogP contribution in [0.2, 0.25) is 0 Å². The van der Waals surface area contributed by atoms with Gasteiger partial charge in [0.05, 0.1) is 0 Å². The van der Waals surface area contributed by atoms with Gasteiger partial charge in [-0.15, -0.1) is 0 Å². The van der Waals surface area contributed by atoms with Crippen LogP contribution in [0.15, 0.2) is 42.5 Å². The van der Waals surface area contributed by atoms with Gasteiger partial charge in [0.1, 0.15) is 11.8 Å². The van der Waals surface area contributed by atoms with Crippen molar-refractivity contribution in [3.63, 3.8) is 0 Å². The predicted molar refractivity (Wildman–Crippen MR) is 120 cm³/mol. The highest BCUT2D eigenvalue weighted by molar-refractivity contribution is 5.88. The molecule has 2 aromatic carbocycles. The standard InChI is InChI=1S/C25H34N2O3/c1-7-20(5)26-25(29)21(6)27(15-22-11-9-8-10-18(22)3)24(28)16-30-23-13-12-17(2)14-19(23)4/h8-14,20-21H,7,15-16H2,1-6H3,(H,26,29)/t20-,21+/m1/s1. The molecule has 162 valence electrons. The van der Waals surface area contributed by atoms with Crippen LogP contribution in [-0.2, 0) is 16.1 Å². The molecule has 5 heteroatoms. The number of hydrogen-bond donors (Lipinski definition) is 1. The molecule has 0 spiro atoms. The van der Waals surface area contributed by atoms with E-state index in [-0.39, 0.29) is 24.5 Å². The molecule has 0 aliphatic carbocycles. The lowest BCUT2D eigenvalue weighted by atomic mass is 10.1. The van der Waals surface area contributed by atoms with Crippen LogP contribution in [0.4, 0.5) is 0 Å². The third-order valence-electron chi connectivity index (χ3n) is 5.45. The number of ether oxygens (including phenoxy) is 1. The van der Waals surface area contributed by atoms with Crippen molar-refractivity contribution in [1.82, 2.24) is 10.2 Å². The number of hydrogen-bond acceptors (Lipinski definition) is 3. The van der Waals surface area contributed by atoms with E-state index in [9.17, 15) is 9.59 Å². The van der Waals surface area contributed by atoms with Gasteiger partial charge in [-0.2, -0.15) is 0 Å². The van der Waals surface area contributed by atoms with Gasteiger partial charge in [-0.1, -0.05) is 48.9 Å². The molecule has 0 fully saturated rings. The lowest BCUT2D eigenvalue weighted by Gasteiger charge is -2.30. The lowest BCUT2D eigenvalue weighted by Crippen LogP contribution is -2.50. The van der Waals surface area contributed by atoms with E-state index < -0.39 is 6.04 Å². The number of carbonyl (C=O) groups is 2. The van der Waals surface area contributed by atoms with Crippen molar-refractivity contribution >= 4 is 11.8 Å².